The molecule has 2 rings (SSSR count). The van der Waals surface area contributed by atoms with E-state index in [0.29, 0.717) is 23.4 Å². The fourth-order valence-corrected chi connectivity index (χ4v) is 2.06. The fraction of sp³-hybridized carbons (Fsp3) is 0.250. The Bertz CT molecular complexity index is 699. The summed E-state index contributed by atoms with van der Waals surface area (Å²) in [6.45, 7) is 4.09. The van der Waals surface area contributed by atoms with E-state index in [2.05, 4.69) is 10.9 Å². The monoisotopic (exact) mass is 319 g/mol. The third kappa shape index (κ3) is 4.32. The van der Waals surface area contributed by atoms with Gasteiger partial charge in [0.05, 0.1) is 11.8 Å². The molecule has 0 aliphatic carbocycles. The van der Waals surface area contributed by atoms with Crippen molar-refractivity contribution < 1.29 is 18.4 Å². The van der Waals surface area contributed by atoms with Crippen LogP contribution in [0, 0.1) is 12.7 Å². The molecule has 0 aliphatic heterocycles. The number of urea groups is 1. The highest BCUT2D eigenvalue weighted by atomic mass is 19.1. The van der Waals surface area contributed by atoms with Crippen LogP contribution in [-0.2, 0) is 6.54 Å². The SMILES string of the molecule is CCN(Cc1cccc(F)c1)C(=O)NNC(=O)c1ccoc1C. The van der Waals surface area contributed by atoms with E-state index in [4.69, 9.17) is 4.42 Å². The maximum Gasteiger partial charge on any atom is 0.336 e. The number of halogens is 1. The Morgan fingerprint density at radius 3 is 2.65 bits per heavy atom. The van der Waals surface area contributed by atoms with Crippen molar-refractivity contribution in [1.29, 1.82) is 0 Å². The van der Waals surface area contributed by atoms with Gasteiger partial charge in [-0.1, -0.05) is 12.1 Å². The molecule has 2 aromatic rings. The predicted octanol–water partition coefficient (Wildman–Crippen LogP) is 2.60. The van der Waals surface area contributed by atoms with Crippen LogP contribution in [0.15, 0.2) is 41.0 Å². The van der Waals surface area contributed by atoms with E-state index in [0.717, 1.165) is 0 Å². The molecular formula is C16H18FN3O3. The van der Waals surface area contributed by atoms with Gasteiger partial charge in [0.25, 0.3) is 5.91 Å². The maximum atomic E-state index is 13.2. The van der Waals surface area contributed by atoms with Gasteiger partial charge in [-0.05, 0) is 37.6 Å². The third-order valence-corrected chi connectivity index (χ3v) is 3.32. The first-order valence-corrected chi connectivity index (χ1v) is 7.15. The zero-order valence-electron chi connectivity index (χ0n) is 12.9. The van der Waals surface area contributed by atoms with Crippen molar-refractivity contribution in [2.75, 3.05) is 6.54 Å². The van der Waals surface area contributed by atoms with Gasteiger partial charge in [-0.2, -0.15) is 0 Å². The molecule has 122 valence electrons. The standard InChI is InChI=1S/C16H18FN3O3/c1-3-20(10-12-5-4-6-13(17)9-12)16(22)19-18-15(21)14-7-8-23-11(14)2/h4-9H,3,10H2,1-2H3,(H,18,21)(H,19,22). The molecule has 1 aromatic heterocycles. The zero-order chi connectivity index (χ0) is 16.8. The van der Waals surface area contributed by atoms with Gasteiger partial charge in [-0.3, -0.25) is 10.2 Å². The number of carbonyl (C=O) groups is 2. The van der Waals surface area contributed by atoms with Crippen molar-refractivity contribution >= 4 is 11.9 Å². The number of hydrogen-bond acceptors (Lipinski definition) is 3. The van der Waals surface area contributed by atoms with Crippen LogP contribution in [0.3, 0.4) is 0 Å². The molecule has 0 fully saturated rings. The highest BCUT2D eigenvalue weighted by molar-refractivity contribution is 5.96. The number of furan rings is 1. The summed E-state index contributed by atoms with van der Waals surface area (Å²) in [4.78, 5) is 25.4. The molecule has 0 unspecified atom stereocenters. The van der Waals surface area contributed by atoms with E-state index in [-0.39, 0.29) is 12.4 Å². The van der Waals surface area contributed by atoms with Crippen molar-refractivity contribution in [3.8, 4) is 0 Å². The first-order chi connectivity index (χ1) is 11.0. The quantitative estimate of drug-likeness (QED) is 0.851. The number of rotatable bonds is 4. The molecular weight excluding hydrogens is 301 g/mol. The summed E-state index contributed by atoms with van der Waals surface area (Å²) in [5.74, 6) is -0.363. The topological polar surface area (TPSA) is 74.6 Å². The van der Waals surface area contributed by atoms with Crippen LogP contribution >= 0.6 is 0 Å². The zero-order valence-corrected chi connectivity index (χ0v) is 12.9. The third-order valence-electron chi connectivity index (χ3n) is 3.32. The lowest BCUT2D eigenvalue weighted by atomic mass is 10.2. The lowest BCUT2D eigenvalue weighted by Crippen LogP contribution is -2.48. The van der Waals surface area contributed by atoms with E-state index in [1.807, 2.05) is 0 Å². The number of benzene rings is 1. The number of carbonyl (C=O) groups excluding carboxylic acids is 2. The molecule has 0 spiro atoms. The molecule has 6 nitrogen and oxygen atoms in total. The summed E-state index contributed by atoms with van der Waals surface area (Å²) in [5.41, 5.74) is 5.67. The Hall–Kier alpha value is -2.83. The minimum absolute atomic E-state index is 0.237. The average Bonchev–Trinajstić information content (AvgIpc) is 2.96. The van der Waals surface area contributed by atoms with E-state index >= 15 is 0 Å². The van der Waals surface area contributed by atoms with Gasteiger partial charge in [0, 0.05) is 13.1 Å². The van der Waals surface area contributed by atoms with Crippen LogP contribution < -0.4 is 10.9 Å². The van der Waals surface area contributed by atoms with Gasteiger partial charge >= 0.3 is 6.03 Å². The van der Waals surface area contributed by atoms with Crippen molar-refractivity contribution in [2.45, 2.75) is 20.4 Å². The molecule has 0 bridgehead atoms. The molecule has 0 saturated heterocycles. The molecule has 2 N–H and O–H groups in total. The second-order valence-corrected chi connectivity index (χ2v) is 4.92. The van der Waals surface area contributed by atoms with E-state index in [9.17, 15) is 14.0 Å². The smallest absolute Gasteiger partial charge is 0.336 e. The number of hydrazine groups is 1. The molecule has 1 aromatic carbocycles. The van der Waals surface area contributed by atoms with Crippen LogP contribution in [0.1, 0.15) is 28.6 Å². The van der Waals surface area contributed by atoms with Crippen LogP contribution in [0.25, 0.3) is 0 Å². The maximum absolute atomic E-state index is 13.2. The summed E-state index contributed by atoms with van der Waals surface area (Å²) >= 11 is 0. The minimum atomic E-state index is -0.480. The average molecular weight is 319 g/mol. The van der Waals surface area contributed by atoms with Crippen molar-refractivity contribution in [2.24, 2.45) is 0 Å². The summed E-state index contributed by atoms with van der Waals surface area (Å²) < 4.78 is 18.2. The second kappa shape index (κ2) is 7.44. The van der Waals surface area contributed by atoms with Gasteiger partial charge in [-0.25, -0.2) is 14.6 Å². The normalized spacial score (nSPS) is 10.2. The first kappa shape index (κ1) is 16.5. The number of nitrogens with one attached hydrogen (secondary N) is 2. The predicted molar refractivity (Wildman–Crippen MR) is 81.9 cm³/mol. The summed E-state index contributed by atoms with van der Waals surface area (Å²) in [6, 6.07) is 7.05. The number of amides is 3. The Kier molecular flexibility index (Phi) is 5.35. The lowest BCUT2D eigenvalue weighted by molar-refractivity contribution is 0.0928. The largest absolute Gasteiger partial charge is 0.469 e. The lowest BCUT2D eigenvalue weighted by Gasteiger charge is -2.21. The summed E-state index contributed by atoms with van der Waals surface area (Å²) in [6.07, 6.45) is 1.40. The number of nitrogens with zero attached hydrogens (tertiary/aromatic N) is 1. The molecule has 0 atom stereocenters. The van der Waals surface area contributed by atoms with Crippen molar-refractivity contribution in [3.63, 3.8) is 0 Å². The van der Waals surface area contributed by atoms with Crippen molar-refractivity contribution in [3.05, 3.63) is 59.3 Å². The fourth-order valence-electron chi connectivity index (χ4n) is 2.06. The Morgan fingerprint density at radius 1 is 1.26 bits per heavy atom. The number of hydrogen-bond donors (Lipinski definition) is 2. The molecule has 7 heteroatoms. The van der Waals surface area contributed by atoms with Crippen LogP contribution in [0.5, 0.6) is 0 Å². The van der Waals surface area contributed by atoms with Gasteiger partial charge in [-0.15, -0.1) is 0 Å². The van der Waals surface area contributed by atoms with E-state index in [1.54, 1.807) is 26.0 Å². The second-order valence-electron chi connectivity index (χ2n) is 4.92. The first-order valence-electron chi connectivity index (χ1n) is 7.15. The molecule has 23 heavy (non-hydrogen) atoms. The molecule has 0 saturated carbocycles. The van der Waals surface area contributed by atoms with Crippen LogP contribution in [0.2, 0.25) is 0 Å². The van der Waals surface area contributed by atoms with E-state index < -0.39 is 11.9 Å². The number of aryl methyl sites for hydroxylation is 1. The minimum Gasteiger partial charge on any atom is -0.469 e. The molecule has 0 radical (unpaired) electrons. The highest BCUT2D eigenvalue weighted by Crippen LogP contribution is 2.09. The molecule has 1 heterocycles. The van der Waals surface area contributed by atoms with Crippen LogP contribution in [-0.4, -0.2) is 23.4 Å². The van der Waals surface area contributed by atoms with Gasteiger partial charge in [0.15, 0.2) is 0 Å². The Balaban J connectivity index is 1.92. The van der Waals surface area contributed by atoms with Crippen LogP contribution in [0.4, 0.5) is 9.18 Å². The van der Waals surface area contributed by atoms with Gasteiger partial charge in [0.2, 0.25) is 0 Å². The van der Waals surface area contributed by atoms with Gasteiger partial charge < -0.3 is 9.32 Å². The molecule has 3 amide bonds. The summed E-state index contributed by atoms with van der Waals surface area (Å²) in [5, 5.41) is 0. The van der Waals surface area contributed by atoms with Crippen molar-refractivity contribution in [1.82, 2.24) is 15.8 Å². The van der Waals surface area contributed by atoms with Gasteiger partial charge in [0.1, 0.15) is 11.6 Å². The Morgan fingerprint density at radius 2 is 2.04 bits per heavy atom. The molecule has 0 aliphatic rings. The van der Waals surface area contributed by atoms with E-state index in [1.165, 1.54) is 29.4 Å². The summed E-state index contributed by atoms with van der Waals surface area (Å²) in [7, 11) is 0. The Labute approximate surface area is 133 Å². The highest BCUT2D eigenvalue weighted by Gasteiger charge is 2.15.